The van der Waals surface area contributed by atoms with E-state index in [9.17, 15) is 5.11 Å². The maximum atomic E-state index is 9.72. The van der Waals surface area contributed by atoms with Crippen LogP contribution in [0.4, 0.5) is 0 Å². The fourth-order valence-corrected chi connectivity index (χ4v) is 4.79. The summed E-state index contributed by atoms with van der Waals surface area (Å²) in [7, 11) is 0. The van der Waals surface area contributed by atoms with Crippen molar-refractivity contribution in [2.75, 3.05) is 19.6 Å². The molecule has 4 heterocycles. The number of aromatic nitrogens is 2. The number of fused-ring (bicyclic) bond motifs is 1. The fraction of sp³-hybridized carbons (Fsp3) is 0.632. The summed E-state index contributed by atoms with van der Waals surface area (Å²) in [6.07, 6.45) is 3.62. The van der Waals surface area contributed by atoms with Crippen LogP contribution in [0, 0.1) is 0 Å². The van der Waals surface area contributed by atoms with Crippen LogP contribution in [0.3, 0.4) is 0 Å². The molecular formula is C19H28N4OS. The molecule has 2 aliphatic rings. The Morgan fingerprint density at radius 3 is 2.72 bits per heavy atom. The van der Waals surface area contributed by atoms with Gasteiger partial charge in [0, 0.05) is 31.1 Å². The first-order chi connectivity index (χ1) is 12.2. The SMILES string of the molecule is C[C@@H](O)c1cc2n(n1)CCN(Cc1cc(CN3CCCCC3)cs1)C2. The zero-order valence-corrected chi connectivity index (χ0v) is 15.8. The zero-order chi connectivity index (χ0) is 17.2. The Hall–Kier alpha value is -1.21. The van der Waals surface area contributed by atoms with E-state index in [0.717, 1.165) is 38.4 Å². The standard InChI is InChI=1S/C19H28N4OS/c1-15(24)19-10-17-12-22(7-8-23(17)20-19)13-18-9-16(14-25-18)11-21-5-3-2-4-6-21/h9-10,14-15,24H,2-8,11-13H2,1H3/t15-/m1/s1. The highest BCUT2D eigenvalue weighted by Gasteiger charge is 2.20. The Balaban J connectivity index is 1.34. The molecule has 0 bridgehead atoms. The van der Waals surface area contributed by atoms with Gasteiger partial charge >= 0.3 is 0 Å². The fourth-order valence-electron chi connectivity index (χ4n) is 3.87. The van der Waals surface area contributed by atoms with Gasteiger partial charge in [0.1, 0.15) is 0 Å². The highest BCUT2D eigenvalue weighted by atomic mass is 32.1. The minimum Gasteiger partial charge on any atom is -0.387 e. The summed E-state index contributed by atoms with van der Waals surface area (Å²) in [5.41, 5.74) is 3.48. The molecule has 5 nitrogen and oxygen atoms in total. The van der Waals surface area contributed by atoms with Gasteiger partial charge in [0.2, 0.25) is 0 Å². The number of likely N-dealkylation sites (tertiary alicyclic amines) is 1. The molecule has 0 radical (unpaired) electrons. The van der Waals surface area contributed by atoms with E-state index in [1.54, 1.807) is 6.92 Å². The molecule has 1 N–H and O–H groups in total. The van der Waals surface area contributed by atoms with Crippen molar-refractivity contribution in [2.24, 2.45) is 0 Å². The first-order valence-electron chi connectivity index (χ1n) is 9.43. The Morgan fingerprint density at radius 2 is 1.92 bits per heavy atom. The van der Waals surface area contributed by atoms with E-state index in [1.165, 1.54) is 48.5 Å². The average molecular weight is 361 g/mol. The number of aliphatic hydroxyl groups excluding tert-OH is 1. The van der Waals surface area contributed by atoms with E-state index in [4.69, 9.17) is 0 Å². The van der Waals surface area contributed by atoms with Gasteiger partial charge in [0.05, 0.1) is 24.0 Å². The summed E-state index contributed by atoms with van der Waals surface area (Å²) in [6, 6.07) is 4.44. The smallest absolute Gasteiger partial charge is 0.0950 e. The second kappa shape index (κ2) is 7.58. The molecule has 1 saturated heterocycles. The molecule has 1 fully saturated rings. The molecule has 4 rings (SSSR count). The predicted octanol–water partition coefficient (Wildman–Crippen LogP) is 3.00. The predicted molar refractivity (Wildman–Crippen MR) is 100 cm³/mol. The minimum absolute atomic E-state index is 0.485. The van der Waals surface area contributed by atoms with Gasteiger partial charge in [-0.05, 0) is 55.9 Å². The van der Waals surface area contributed by atoms with Crippen LogP contribution >= 0.6 is 11.3 Å². The number of aliphatic hydroxyl groups is 1. The quantitative estimate of drug-likeness (QED) is 0.890. The Kier molecular flexibility index (Phi) is 5.22. The summed E-state index contributed by atoms with van der Waals surface area (Å²) in [6.45, 7) is 9.27. The lowest BCUT2D eigenvalue weighted by Crippen LogP contribution is -2.33. The van der Waals surface area contributed by atoms with Crippen molar-refractivity contribution < 1.29 is 5.11 Å². The average Bonchev–Trinajstić information content (AvgIpc) is 3.22. The Labute approximate surface area is 153 Å². The van der Waals surface area contributed by atoms with E-state index in [2.05, 4.69) is 31.0 Å². The van der Waals surface area contributed by atoms with Crippen molar-refractivity contribution in [1.29, 1.82) is 0 Å². The van der Waals surface area contributed by atoms with Crippen molar-refractivity contribution in [1.82, 2.24) is 19.6 Å². The largest absolute Gasteiger partial charge is 0.387 e. The maximum Gasteiger partial charge on any atom is 0.0950 e. The third-order valence-corrected chi connectivity index (χ3v) is 6.24. The van der Waals surface area contributed by atoms with Gasteiger partial charge in [-0.3, -0.25) is 14.5 Å². The lowest BCUT2D eigenvalue weighted by molar-refractivity contribution is 0.189. The monoisotopic (exact) mass is 360 g/mol. The summed E-state index contributed by atoms with van der Waals surface area (Å²) >= 11 is 1.89. The van der Waals surface area contributed by atoms with E-state index < -0.39 is 6.10 Å². The van der Waals surface area contributed by atoms with Crippen molar-refractivity contribution >= 4 is 11.3 Å². The van der Waals surface area contributed by atoms with Crippen LogP contribution in [0.25, 0.3) is 0 Å². The molecule has 0 spiro atoms. The number of nitrogens with zero attached hydrogens (tertiary/aromatic N) is 4. The van der Waals surface area contributed by atoms with Gasteiger partial charge < -0.3 is 5.11 Å². The van der Waals surface area contributed by atoms with Gasteiger partial charge in [0.25, 0.3) is 0 Å². The Bertz CT molecular complexity index is 702. The number of hydrogen-bond acceptors (Lipinski definition) is 5. The molecule has 1 atom stereocenters. The van der Waals surface area contributed by atoms with Crippen LogP contribution in [-0.2, 0) is 26.2 Å². The van der Waals surface area contributed by atoms with Crippen LogP contribution in [-0.4, -0.2) is 44.3 Å². The van der Waals surface area contributed by atoms with E-state index >= 15 is 0 Å². The van der Waals surface area contributed by atoms with E-state index in [-0.39, 0.29) is 0 Å². The number of thiophene rings is 1. The van der Waals surface area contributed by atoms with Gasteiger partial charge in [-0.25, -0.2) is 0 Å². The maximum absolute atomic E-state index is 9.72. The third kappa shape index (κ3) is 4.14. The van der Waals surface area contributed by atoms with E-state index in [0.29, 0.717) is 0 Å². The molecule has 136 valence electrons. The molecule has 2 aliphatic heterocycles. The van der Waals surface area contributed by atoms with Gasteiger partial charge in [-0.15, -0.1) is 11.3 Å². The normalized spacial score (nSPS) is 20.6. The second-order valence-corrected chi connectivity index (χ2v) is 8.42. The zero-order valence-electron chi connectivity index (χ0n) is 15.0. The molecule has 2 aromatic heterocycles. The number of hydrogen-bond donors (Lipinski definition) is 1. The summed E-state index contributed by atoms with van der Waals surface area (Å²) in [5, 5.41) is 16.6. The molecule has 2 aromatic rings. The lowest BCUT2D eigenvalue weighted by Gasteiger charge is -2.27. The van der Waals surface area contributed by atoms with Gasteiger partial charge in [-0.1, -0.05) is 6.42 Å². The van der Waals surface area contributed by atoms with Crippen LogP contribution in [0.1, 0.15) is 54.1 Å². The minimum atomic E-state index is -0.485. The Morgan fingerprint density at radius 1 is 1.08 bits per heavy atom. The highest BCUT2D eigenvalue weighted by molar-refractivity contribution is 7.10. The molecular weight excluding hydrogens is 332 g/mol. The van der Waals surface area contributed by atoms with Gasteiger partial charge in [-0.2, -0.15) is 5.10 Å². The molecule has 0 aromatic carbocycles. The molecule has 0 amide bonds. The summed E-state index contributed by atoms with van der Waals surface area (Å²) < 4.78 is 2.05. The summed E-state index contributed by atoms with van der Waals surface area (Å²) in [5.74, 6) is 0. The lowest BCUT2D eigenvalue weighted by atomic mass is 10.1. The topological polar surface area (TPSA) is 44.5 Å². The first-order valence-corrected chi connectivity index (χ1v) is 10.3. The molecule has 0 saturated carbocycles. The second-order valence-electron chi connectivity index (χ2n) is 7.43. The van der Waals surface area contributed by atoms with Crippen molar-refractivity contribution in [2.45, 2.75) is 58.5 Å². The van der Waals surface area contributed by atoms with Crippen molar-refractivity contribution in [3.63, 3.8) is 0 Å². The van der Waals surface area contributed by atoms with Crippen LogP contribution < -0.4 is 0 Å². The summed E-state index contributed by atoms with van der Waals surface area (Å²) in [4.78, 5) is 6.53. The number of rotatable bonds is 5. The van der Waals surface area contributed by atoms with E-state index in [1.807, 2.05) is 17.4 Å². The molecule has 0 unspecified atom stereocenters. The van der Waals surface area contributed by atoms with Crippen LogP contribution in [0.2, 0.25) is 0 Å². The molecule has 25 heavy (non-hydrogen) atoms. The van der Waals surface area contributed by atoms with Crippen LogP contribution in [0.15, 0.2) is 17.5 Å². The number of piperidine rings is 1. The van der Waals surface area contributed by atoms with Crippen molar-refractivity contribution in [3.05, 3.63) is 39.3 Å². The molecule has 0 aliphatic carbocycles. The van der Waals surface area contributed by atoms with Crippen molar-refractivity contribution in [3.8, 4) is 0 Å². The van der Waals surface area contributed by atoms with Crippen LogP contribution in [0.5, 0.6) is 0 Å². The third-order valence-electron chi connectivity index (χ3n) is 5.27. The van der Waals surface area contributed by atoms with Gasteiger partial charge in [0.15, 0.2) is 0 Å². The highest BCUT2D eigenvalue weighted by Crippen LogP contribution is 2.23. The first kappa shape index (κ1) is 17.2. The molecule has 6 heteroatoms.